The van der Waals surface area contributed by atoms with Gasteiger partial charge in [0.05, 0.1) is 6.10 Å². The standard InChI is InChI=1S/C11H23N3O/c1-11(2)9(8-10(11)15)12-14-6-4-13(3)5-7-14/h9-10,12,15H,4-8H2,1-3H3. The van der Waals surface area contributed by atoms with Crippen LogP contribution in [0.1, 0.15) is 20.3 Å². The first-order chi connectivity index (χ1) is 7.00. The predicted octanol–water partition coefficient (Wildman–Crippen LogP) is -0.102. The van der Waals surface area contributed by atoms with Crippen LogP contribution in [0.2, 0.25) is 0 Å². The number of rotatable bonds is 2. The van der Waals surface area contributed by atoms with Crippen LogP contribution in [0, 0.1) is 5.41 Å². The van der Waals surface area contributed by atoms with Crippen LogP contribution in [0.25, 0.3) is 0 Å². The molecule has 4 heteroatoms. The van der Waals surface area contributed by atoms with Gasteiger partial charge in [0.15, 0.2) is 0 Å². The Hall–Kier alpha value is -0.160. The fourth-order valence-electron chi connectivity index (χ4n) is 2.28. The maximum atomic E-state index is 9.65. The molecule has 88 valence electrons. The number of hydrogen-bond acceptors (Lipinski definition) is 4. The van der Waals surface area contributed by atoms with Crippen LogP contribution in [0.5, 0.6) is 0 Å². The van der Waals surface area contributed by atoms with E-state index in [0.29, 0.717) is 6.04 Å². The average Bonchev–Trinajstić information content (AvgIpc) is 2.21. The molecule has 2 aliphatic rings. The quantitative estimate of drug-likeness (QED) is 0.672. The van der Waals surface area contributed by atoms with Gasteiger partial charge in [-0.3, -0.25) is 5.43 Å². The number of likely N-dealkylation sites (N-methyl/N-ethyl adjacent to an activating group) is 1. The van der Waals surface area contributed by atoms with Gasteiger partial charge in [0.1, 0.15) is 0 Å². The van der Waals surface area contributed by atoms with Crippen molar-refractivity contribution in [3.05, 3.63) is 0 Å². The molecule has 1 heterocycles. The van der Waals surface area contributed by atoms with Crippen molar-refractivity contribution in [1.82, 2.24) is 15.3 Å². The minimum Gasteiger partial charge on any atom is -0.392 e. The van der Waals surface area contributed by atoms with Gasteiger partial charge in [-0.2, -0.15) is 0 Å². The van der Waals surface area contributed by atoms with Crippen LogP contribution in [-0.2, 0) is 0 Å². The van der Waals surface area contributed by atoms with E-state index in [-0.39, 0.29) is 11.5 Å². The molecule has 1 aliphatic carbocycles. The summed E-state index contributed by atoms with van der Waals surface area (Å²) in [6.07, 6.45) is 0.752. The van der Waals surface area contributed by atoms with Crippen molar-refractivity contribution in [3.8, 4) is 0 Å². The molecule has 2 rings (SSSR count). The number of nitrogens with one attached hydrogen (secondary N) is 1. The van der Waals surface area contributed by atoms with Gasteiger partial charge in [-0.1, -0.05) is 13.8 Å². The summed E-state index contributed by atoms with van der Waals surface area (Å²) in [7, 11) is 2.16. The zero-order valence-electron chi connectivity index (χ0n) is 10.0. The summed E-state index contributed by atoms with van der Waals surface area (Å²) >= 11 is 0. The van der Waals surface area contributed by atoms with Crippen molar-refractivity contribution in [2.24, 2.45) is 5.41 Å². The lowest BCUT2D eigenvalue weighted by Gasteiger charge is -2.51. The smallest absolute Gasteiger partial charge is 0.0622 e. The number of aliphatic hydroxyl groups excluding tert-OH is 1. The lowest BCUT2D eigenvalue weighted by Crippen LogP contribution is -2.65. The first kappa shape index (κ1) is 11.3. The van der Waals surface area contributed by atoms with Crippen LogP contribution in [0.15, 0.2) is 0 Å². The van der Waals surface area contributed by atoms with Crippen molar-refractivity contribution >= 4 is 0 Å². The second kappa shape index (κ2) is 4.01. The third-order valence-corrected chi connectivity index (χ3v) is 4.06. The molecule has 0 aromatic rings. The molecule has 0 spiro atoms. The van der Waals surface area contributed by atoms with E-state index in [0.717, 1.165) is 32.6 Å². The third kappa shape index (κ3) is 2.18. The maximum absolute atomic E-state index is 9.65. The molecule has 1 saturated heterocycles. The summed E-state index contributed by atoms with van der Waals surface area (Å²) in [5.41, 5.74) is 3.57. The molecule has 1 aliphatic heterocycles. The van der Waals surface area contributed by atoms with E-state index in [1.807, 2.05) is 0 Å². The minimum atomic E-state index is -0.137. The van der Waals surface area contributed by atoms with Crippen molar-refractivity contribution in [2.45, 2.75) is 32.4 Å². The molecule has 2 fully saturated rings. The number of nitrogens with zero attached hydrogens (tertiary/aromatic N) is 2. The predicted molar refractivity (Wildman–Crippen MR) is 60.4 cm³/mol. The van der Waals surface area contributed by atoms with Crippen molar-refractivity contribution in [3.63, 3.8) is 0 Å². The Labute approximate surface area is 92.2 Å². The number of hydrogen-bond donors (Lipinski definition) is 2. The Morgan fingerprint density at radius 2 is 1.80 bits per heavy atom. The van der Waals surface area contributed by atoms with E-state index in [1.165, 1.54) is 0 Å². The SMILES string of the molecule is CN1CCN(NC2CC(O)C2(C)C)CC1. The van der Waals surface area contributed by atoms with Gasteiger partial charge in [-0.05, 0) is 13.5 Å². The summed E-state index contributed by atoms with van der Waals surface area (Å²) in [6.45, 7) is 8.69. The molecule has 2 atom stereocenters. The second-order valence-electron chi connectivity index (χ2n) is 5.54. The molecular formula is C11H23N3O. The van der Waals surface area contributed by atoms with Crippen LogP contribution < -0.4 is 5.43 Å². The van der Waals surface area contributed by atoms with Gasteiger partial charge in [0.25, 0.3) is 0 Å². The van der Waals surface area contributed by atoms with Crippen LogP contribution in [0.3, 0.4) is 0 Å². The average molecular weight is 213 g/mol. The van der Waals surface area contributed by atoms with Gasteiger partial charge < -0.3 is 10.0 Å². The van der Waals surface area contributed by atoms with Crippen LogP contribution in [-0.4, -0.2) is 60.4 Å². The summed E-state index contributed by atoms with van der Waals surface area (Å²) < 4.78 is 0. The van der Waals surface area contributed by atoms with E-state index in [2.05, 4.69) is 36.2 Å². The first-order valence-electron chi connectivity index (χ1n) is 5.88. The molecule has 4 nitrogen and oxygen atoms in total. The Morgan fingerprint density at radius 3 is 2.27 bits per heavy atom. The van der Waals surface area contributed by atoms with Gasteiger partial charge >= 0.3 is 0 Å². The van der Waals surface area contributed by atoms with Crippen LogP contribution in [0.4, 0.5) is 0 Å². The minimum absolute atomic E-state index is 0.0311. The summed E-state index contributed by atoms with van der Waals surface area (Å²) in [5.74, 6) is 0. The molecule has 0 bridgehead atoms. The molecule has 2 N–H and O–H groups in total. The monoisotopic (exact) mass is 213 g/mol. The second-order valence-corrected chi connectivity index (χ2v) is 5.54. The largest absolute Gasteiger partial charge is 0.392 e. The van der Waals surface area contributed by atoms with E-state index in [4.69, 9.17) is 0 Å². The van der Waals surface area contributed by atoms with E-state index < -0.39 is 0 Å². The molecule has 2 unspecified atom stereocenters. The molecule has 1 saturated carbocycles. The maximum Gasteiger partial charge on any atom is 0.0622 e. The Balaban J connectivity index is 1.79. The topological polar surface area (TPSA) is 38.7 Å². The third-order valence-electron chi connectivity index (χ3n) is 4.06. The van der Waals surface area contributed by atoms with Gasteiger partial charge in [0, 0.05) is 37.6 Å². The van der Waals surface area contributed by atoms with Crippen molar-refractivity contribution in [2.75, 3.05) is 33.2 Å². The molecule has 15 heavy (non-hydrogen) atoms. The van der Waals surface area contributed by atoms with Gasteiger partial charge in [0.2, 0.25) is 0 Å². The molecule has 0 aromatic heterocycles. The molecule has 0 aromatic carbocycles. The van der Waals surface area contributed by atoms with Gasteiger partial charge in [-0.25, -0.2) is 5.01 Å². The highest BCUT2D eigenvalue weighted by Gasteiger charge is 2.47. The zero-order chi connectivity index (χ0) is 11.1. The van der Waals surface area contributed by atoms with Crippen molar-refractivity contribution in [1.29, 1.82) is 0 Å². The Kier molecular flexibility index (Phi) is 3.03. The van der Waals surface area contributed by atoms with Crippen LogP contribution >= 0.6 is 0 Å². The highest BCUT2D eigenvalue weighted by molar-refractivity contribution is 5.01. The molecular weight excluding hydrogens is 190 g/mol. The Bertz CT molecular complexity index is 224. The number of aliphatic hydroxyl groups is 1. The number of piperazine rings is 1. The van der Waals surface area contributed by atoms with Gasteiger partial charge in [-0.15, -0.1) is 0 Å². The summed E-state index contributed by atoms with van der Waals surface area (Å²) in [5, 5.41) is 12.0. The highest BCUT2D eigenvalue weighted by atomic mass is 16.3. The zero-order valence-corrected chi connectivity index (χ0v) is 10.0. The molecule has 0 radical (unpaired) electrons. The first-order valence-corrected chi connectivity index (χ1v) is 5.88. The van der Waals surface area contributed by atoms with E-state index in [9.17, 15) is 5.11 Å². The fraction of sp³-hybridized carbons (Fsp3) is 1.00. The van der Waals surface area contributed by atoms with E-state index >= 15 is 0 Å². The van der Waals surface area contributed by atoms with Crippen molar-refractivity contribution < 1.29 is 5.11 Å². The summed E-state index contributed by atoms with van der Waals surface area (Å²) in [4.78, 5) is 2.35. The lowest BCUT2D eigenvalue weighted by molar-refractivity contribution is -0.101. The van der Waals surface area contributed by atoms with E-state index in [1.54, 1.807) is 0 Å². The lowest BCUT2D eigenvalue weighted by atomic mass is 9.65. The number of hydrazine groups is 1. The molecule has 0 amide bonds. The normalized spacial score (nSPS) is 37.6. The summed E-state index contributed by atoms with van der Waals surface area (Å²) in [6, 6.07) is 0.441. The fourth-order valence-corrected chi connectivity index (χ4v) is 2.28. The Morgan fingerprint density at radius 1 is 1.20 bits per heavy atom. The highest BCUT2D eigenvalue weighted by Crippen LogP contribution is 2.40.